The van der Waals surface area contributed by atoms with Gasteiger partial charge in [-0.3, -0.25) is 4.79 Å². The second kappa shape index (κ2) is 7.06. The average Bonchev–Trinajstić information content (AvgIpc) is 2.92. The molecular weight excluding hydrogens is 404 g/mol. The number of hydrogen-bond acceptors (Lipinski definition) is 5. The molecule has 0 unspecified atom stereocenters. The molecule has 0 bridgehead atoms. The Hall–Kier alpha value is -2.23. The molecule has 1 N–H and O–H groups in total. The number of hydrogen-bond donors (Lipinski definition) is 1. The summed E-state index contributed by atoms with van der Waals surface area (Å²) < 4.78 is 62.6. The normalized spacial score (nSPS) is 12.4. The number of benzene rings is 2. The minimum Gasteiger partial charge on any atom is -0.452 e. The molecule has 0 saturated carbocycles. The Morgan fingerprint density at radius 1 is 1.22 bits per heavy atom. The Morgan fingerprint density at radius 3 is 2.52 bits per heavy atom. The van der Waals surface area contributed by atoms with Crippen LogP contribution in [0.15, 0.2) is 39.6 Å². The lowest BCUT2D eigenvalue weighted by atomic mass is 10.1. The fourth-order valence-electron chi connectivity index (χ4n) is 2.73. The standard InChI is InChI=1S/C17H14ClF2NO5S/c1-8(2)21-27(23,24)9-3-5-12-11(7-9)14-10(16(18)22)4-6-13(15(14)25-12)26-17(19)20/h3-8,17,21H,1-2H3. The van der Waals surface area contributed by atoms with Crippen LogP contribution in [0, 0.1) is 0 Å². The molecule has 0 fully saturated rings. The van der Waals surface area contributed by atoms with Gasteiger partial charge in [0.05, 0.1) is 4.90 Å². The van der Waals surface area contributed by atoms with Crippen LogP contribution in [0.2, 0.25) is 0 Å². The molecule has 0 aliphatic heterocycles. The first-order valence-electron chi connectivity index (χ1n) is 7.76. The summed E-state index contributed by atoms with van der Waals surface area (Å²) in [6.07, 6.45) is 0. The van der Waals surface area contributed by atoms with E-state index in [0.717, 1.165) is 6.07 Å². The first-order valence-corrected chi connectivity index (χ1v) is 9.62. The first-order chi connectivity index (χ1) is 12.6. The van der Waals surface area contributed by atoms with Gasteiger partial charge in [0.1, 0.15) is 5.58 Å². The van der Waals surface area contributed by atoms with Crippen molar-refractivity contribution in [2.75, 3.05) is 0 Å². The molecule has 6 nitrogen and oxygen atoms in total. The smallest absolute Gasteiger partial charge is 0.387 e. The quantitative estimate of drug-likeness (QED) is 0.606. The van der Waals surface area contributed by atoms with Crippen molar-refractivity contribution in [1.82, 2.24) is 4.72 Å². The maximum absolute atomic E-state index is 12.7. The number of halogens is 3. The van der Waals surface area contributed by atoms with Crippen LogP contribution in [-0.4, -0.2) is 26.3 Å². The van der Waals surface area contributed by atoms with Crippen LogP contribution >= 0.6 is 11.6 Å². The van der Waals surface area contributed by atoms with Crippen molar-refractivity contribution >= 4 is 48.8 Å². The highest BCUT2D eigenvalue weighted by atomic mass is 35.5. The zero-order valence-corrected chi connectivity index (χ0v) is 15.7. The molecule has 2 aromatic carbocycles. The third-order valence-corrected chi connectivity index (χ3v) is 5.54. The van der Waals surface area contributed by atoms with Crippen LogP contribution in [-0.2, 0) is 10.0 Å². The van der Waals surface area contributed by atoms with E-state index in [-0.39, 0.29) is 44.2 Å². The fourth-order valence-corrected chi connectivity index (χ4v) is 4.17. The molecule has 10 heteroatoms. The summed E-state index contributed by atoms with van der Waals surface area (Å²) in [6, 6.07) is 6.01. The number of carbonyl (C=O) groups excluding carboxylic acids is 1. The minimum absolute atomic E-state index is 0.0154. The van der Waals surface area contributed by atoms with E-state index in [1.807, 2.05) is 0 Å². The Bertz CT molecular complexity index is 1140. The van der Waals surface area contributed by atoms with Gasteiger partial charge < -0.3 is 9.15 Å². The summed E-state index contributed by atoms with van der Waals surface area (Å²) in [4.78, 5) is 11.7. The van der Waals surface area contributed by atoms with E-state index < -0.39 is 21.9 Å². The summed E-state index contributed by atoms with van der Waals surface area (Å²) in [5.41, 5.74) is 0.0551. The van der Waals surface area contributed by atoms with E-state index in [4.69, 9.17) is 16.0 Å². The number of ether oxygens (including phenoxy) is 1. The molecule has 0 aliphatic carbocycles. The average molecular weight is 418 g/mol. The molecule has 0 spiro atoms. The van der Waals surface area contributed by atoms with Crippen LogP contribution < -0.4 is 9.46 Å². The predicted octanol–water partition coefficient (Wildman–Crippen LogP) is 4.25. The van der Waals surface area contributed by atoms with Gasteiger partial charge in [-0.1, -0.05) is 0 Å². The second-order valence-electron chi connectivity index (χ2n) is 6.00. The van der Waals surface area contributed by atoms with Gasteiger partial charge in [0.15, 0.2) is 11.3 Å². The van der Waals surface area contributed by atoms with Gasteiger partial charge >= 0.3 is 6.61 Å². The van der Waals surface area contributed by atoms with Crippen LogP contribution in [0.25, 0.3) is 21.9 Å². The monoisotopic (exact) mass is 417 g/mol. The van der Waals surface area contributed by atoms with Gasteiger partial charge in [-0.25, -0.2) is 13.1 Å². The van der Waals surface area contributed by atoms with Crippen molar-refractivity contribution in [3.05, 3.63) is 35.9 Å². The zero-order chi connectivity index (χ0) is 19.9. The lowest BCUT2D eigenvalue weighted by Gasteiger charge is -2.09. The SMILES string of the molecule is CC(C)NS(=O)(=O)c1ccc2oc3c(OC(F)F)ccc(C(=O)Cl)c3c2c1. The van der Waals surface area contributed by atoms with Gasteiger partial charge in [-0.05, 0) is 55.8 Å². The number of carbonyl (C=O) groups is 1. The summed E-state index contributed by atoms with van der Waals surface area (Å²) in [6.45, 7) is 0.230. The number of furan rings is 1. The van der Waals surface area contributed by atoms with Gasteiger partial charge in [0.25, 0.3) is 5.24 Å². The lowest BCUT2D eigenvalue weighted by molar-refractivity contribution is -0.0493. The van der Waals surface area contributed by atoms with E-state index >= 15 is 0 Å². The van der Waals surface area contributed by atoms with Crippen molar-refractivity contribution < 1.29 is 31.1 Å². The van der Waals surface area contributed by atoms with Crippen LogP contribution in [0.5, 0.6) is 5.75 Å². The Morgan fingerprint density at radius 2 is 1.93 bits per heavy atom. The fraction of sp³-hybridized carbons (Fsp3) is 0.235. The second-order valence-corrected chi connectivity index (χ2v) is 8.06. The topological polar surface area (TPSA) is 85.6 Å². The van der Waals surface area contributed by atoms with E-state index in [1.54, 1.807) is 13.8 Å². The molecule has 0 saturated heterocycles. The Kier molecular flexibility index (Phi) is 5.11. The molecular formula is C17H14ClF2NO5S. The number of nitrogens with one attached hydrogen (secondary N) is 1. The highest BCUT2D eigenvalue weighted by Crippen LogP contribution is 2.39. The minimum atomic E-state index is -3.82. The molecule has 0 radical (unpaired) electrons. The lowest BCUT2D eigenvalue weighted by Crippen LogP contribution is -2.30. The van der Waals surface area contributed by atoms with E-state index in [2.05, 4.69) is 9.46 Å². The number of rotatable bonds is 6. The van der Waals surface area contributed by atoms with Crippen molar-refractivity contribution in [3.8, 4) is 5.75 Å². The van der Waals surface area contributed by atoms with Gasteiger partial charge in [0.2, 0.25) is 10.0 Å². The largest absolute Gasteiger partial charge is 0.452 e. The van der Waals surface area contributed by atoms with Crippen LogP contribution in [0.3, 0.4) is 0 Å². The third kappa shape index (κ3) is 3.76. The predicted molar refractivity (Wildman–Crippen MR) is 96.0 cm³/mol. The zero-order valence-electron chi connectivity index (χ0n) is 14.1. The molecule has 0 aliphatic rings. The van der Waals surface area contributed by atoms with Crippen molar-refractivity contribution in [3.63, 3.8) is 0 Å². The number of fused-ring (bicyclic) bond motifs is 3. The van der Waals surface area contributed by atoms with Crippen molar-refractivity contribution in [2.24, 2.45) is 0 Å². The summed E-state index contributed by atoms with van der Waals surface area (Å²) in [7, 11) is -3.82. The van der Waals surface area contributed by atoms with Crippen LogP contribution in [0.4, 0.5) is 8.78 Å². The van der Waals surface area contributed by atoms with E-state index in [1.165, 1.54) is 24.3 Å². The van der Waals surface area contributed by atoms with Crippen molar-refractivity contribution in [1.29, 1.82) is 0 Å². The van der Waals surface area contributed by atoms with Gasteiger partial charge in [-0.15, -0.1) is 0 Å². The Labute approximate surface area is 158 Å². The molecule has 1 aromatic heterocycles. The molecule has 1 heterocycles. The molecule has 144 valence electrons. The van der Waals surface area contributed by atoms with E-state index in [0.29, 0.717) is 0 Å². The molecule has 0 amide bonds. The number of sulfonamides is 1. The summed E-state index contributed by atoms with van der Waals surface area (Å²) >= 11 is 5.60. The van der Waals surface area contributed by atoms with Crippen LogP contribution in [0.1, 0.15) is 24.2 Å². The van der Waals surface area contributed by atoms with Gasteiger partial charge in [-0.2, -0.15) is 8.78 Å². The maximum Gasteiger partial charge on any atom is 0.387 e. The molecule has 27 heavy (non-hydrogen) atoms. The molecule has 3 rings (SSSR count). The Balaban J connectivity index is 2.32. The van der Waals surface area contributed by atoms with Gasteiger partial charge in [0, 0.05) is 22.4 Å². The van der Waals surface area contributed by atoms with E-state index in [9.17, 15) is 22.0 Å². The highest BCUT2D eigenvalue weighted by Gasteiger charge is 2.23. The summed E-state index contributed by atoms with van der Waals surface area (Å²) in [5.74, 6) is -0.289. The van der Waals surface area contributed by atoms with Crippen molar-refractivity contribution in [2.45, 2.75) is 31.4 Å². The molecule has 3 aromatic rings. The third-order valence-electron chi connectivity index (χ3n) is 3.68. The molecule has 0 atom stereocenters. The maximum atomic E-state index is 12.7. The highest BCUT2D eigenvalue weighted by molar-refractivity contribution is 7.89. The summed E-state index contributed by atoms with van der Waals surface area (Å²) in [5, 5.41) is -0.509. The first kappa shape index (κ1) is 19.5. The number of alkyl halides is 2.